The van der Waals surface area contributed by atoms with Gasteiger partial charge in [-0.15, -0.1) is 0 Å². The average Bonchev–Trinajstić information content (AvgIpc) is 3.20. The molecule has 0 aliphatic carbocycles. The summed E-state index contributed by atoms with van der Waals surface area (Å²) in [5.41, 5.74) is 2.34. The van der Waals surface area contributed by atoms with E-state index in [1.807, 2.05) is 36.4 Å². The van der Waals surface area contributed by atoms with Crippen LogP contribution >= 0.6 is 12.2 Å². The van der Waals surface area contributed by atoms with Crippen LogP contribution in [0.15, 0.2) is 42.2 Å². The molecule has 1 unspecified atom stereocenters. The maximum Gasteiger partial charge on any atom is 0.276 e. The number of fused-ring (bicyclic) bond motifs is 1. The highest BCUT2D eigenvalue weighted by Gasteiger charge is 2.33. The zero-order valence-electron chi connectivity index (χ0n) is 13.1. The number of aromatic nitrogens is 1. The van der Waals surface area contributed by atoms with Crippen LogP contribution in [0, 0.1) is 0 Å². The highest BCUT2D eigenvalue weighted by Crippen LogP contribution is 2.22. The van der Waals surface area contributed by atoms with Gasteiger partial charge in [-0.25, -0.2) is 0 Å². The van der Waals surface area contributed by atoms with E-state index >= 15 is 0 Å². The van der Waals surface area contributed by atoms with Crippen LogP contribution < -0.4 is 5.32 Å². The zero-order chi connectivity index (χ0) is 16.5. The minimum atomic E-state index is -0.101. The quantitative estimate of drug-likeness (QED) is 0.688. The number of hydrogen-bond acceptors (Lipinski definition) is 4. The number of carbonyl (C=O) groups is 1. The van der Waals surface area contributed by atoms with E-state index in [0.717, 1.165) is 35.9 Å². The Labute approximate surface area is 145 Å². The first kappa shape index (κ1) is 15.2. The van der Waals surface area contributed by atoms with E-state index in [-0.39, 0.29) is 12.0 Å². The van der Waals surface area contributed by atoms with Crippen molar-refractivity contribution in [3.63, 3.8) is 0 Å². The van der Waals surface area contributed by atoms with Crippen molar-refractivity contribution in [2.75, 3.05) is 13.2 Å². The van der Waals surface area contributed by atoms with E-state index in [1.165, 1.54) is 0 Å². The van der Waals surface area contributed by atoms with Gasteiger partial charge in [0.15, 0.2) is 5.11 Å². The van der Waals surface area contributed by atoms with Gasteiger partial charge in [-0.1, -0.05) is 18.2 Å². The maximum absolute atomic E-state index is 12.7. The summed E-state index contributed by atoms with van der Waals surface area (Å²) in [6.07, 6.45) is 5.68. The van der Waals surface area contributed by atoms with Crippen LogP contribution in [-0.4, -0.2) is 40.2 Å². The summed E-state index contributed by atoms with van der Waals surface area (Å²) in [5.74, 6) is -0.101. The Balaban J connectivity index is 1.62. The summed E-state index contributed by atoms with van der Waals surface area (Å²) >= 11 is 5.33. The van der Waals surface area contributed by atoms with Crippen molar-refractivity contribution in [2.24, 2.45) is 0 Å². The normalized spacial score (nSPS) is 22.6. The van der Waals surface area contributed by atoms with E-state index < -0.39 is 0 Å². The van der Waals surface area contributed by atoms with E-state index in [9.17, 15) is 4.79 Å². The molecule has 0 radical (unpaired) electrons. The Morgan fingerprint density at radius 2 is 2.25 bits per heavy atom. The molecule has 1 aromatic heterocycles. The molecule has 1 atom stereocenters. The average molecular weight is 339 g/mol. The third-order valence-electron chi connectivity index (χ3n) is 4.36. The Kier molecular flexibility index (Phi) is 4.00. The van der Waals surface area contributed by atoms with Gasteiger partial charge in [0.05, 0.1) is 18.2 Å². The molecular formula is C18H17N3O2S. The molecular weight excluding hydrogens is 322 g/mol. The van der Waals surface area contributed by atoms with Crippen molar-refractivity contribution in [1.29, 1.82) is 0 Å². The molecule has 1 N–H and O–H groups in total. The molecule has 0 saturated carbocycles. The number of ether oxygens (including phenoxy) is 1. The smallest absolute Gasteiger partial charge is 0.276 e. The highest BCUT2D eigenvalue weighted by atomic mass is 32.1. The number of benzene rings is 1. The summed E-state index contributed by atoms with van der Waals surface area (Å²) in [4.78, 5) is 18.6. The highest BCUT2D eigenvalue weighted by molar-refractivity contribution is 7.80. The molecule has 1 amide bonds. The van der Waals surface area contributed by atoms with E-state index in [4.69, 9.17) is 17.0 Å². The van der Waals surface area contributed by atoms with Crippen molar-refractivity contribution in [3.05, 3.63) is 47.8 Å². The molecule has 1 aromatic carbocycles. The second-order valence-corrected chi connectivity index (χ2v) is 6.34. The molecule has 2 aromatic rings. The van der Waals surface area contributed by atoms with Gasteiger partial charge in [0, 0.05) is 18.2 Å². The fraction of sp³-hybridized carbons (Fsp3) is 0.278. The van der Waals surface area contributed by atoms with Gasteiger partial charge in [0.1, 0.15) is 5.70 Å². The Hall–Kier alpha value is -2.31. The van der Waals surface area contributed by atoms with Crippen LogP contribution in [0.4, 0.5) is 0 Å². The third-order valence-corrected chi connectivity index (χ3v) is 4.68. The molecule has 2 aliphatic heterocycles. The van der Waals surface area contributed by atoms with Crippen molar-refractivity contribution in [1.82, 2.24) is 15.2 Å². The van der Waals surface area contributed by atoms with Crippen LogP contribution in [-0.2, 0) is 9.53 Å². The largest absolute Gasteiger partial charge is 0.376 e. The molecule has 6 heteroatoms. The van der Waals surface area contributed by atoms with E-state index in [1.54, 1.807) is 11.1 Å². The number of nitrogens with one attached hydrogen (secondary N) is 1. The fourth-order valence-corrected chi connectivity index (χ4v) is 3.40. The summed E-state index contributed by atoms with van der Waals surface area (Å²) in [5, 5.41) is 4.48. The van der Waals surface area contributed by atoms with Crippen molar-refractivity contribution < 1.29 is 9.53 Å². The zero-order valence-corrected chi connectivity index (χ0v) is 13.9. The van der Waals surface area contributed by atoms with Crippen LogP contribution in [0.2, 0.25) is 0 Å². The predicted octanol–water partition coefficient (Wildman–Crippen LogP) is 2.47. The van der Waals surface area contributed by atoms with Gasteiger partial charge < -0.3 is 10.1 Å². The second kappa shape index (κ2) is 6.30. The van der Waals surface area contributed by atoms with Crippen molar-refractivity contribution in [2.45, 2.75) is 18.9 Å². The standard InChI is InChI=1S/C18H17N3O2S/c22-17-16(20-18(24)21(17)11-13-4-3-9-23-13)10-12-7-8-19-15-6-2-1-5-14(12)15/h1-2,5-8,10,13H,3-4,9,11H2,(H,20,24)/b16-10+. The summed E-state index contributed by atoms with van der Waals surface area (Å²) < 4.78 is 5.61. The molecule has 2 aliphatic rings. The lowest BCUT2D eigenvalue weighted by Crippen LogP contribution is -2.37. The number of pyridine rings is 1. The van der Waals surface area contributed by atoms with Crippen molar-refractivity contribution >= 4 is 40.2 Å². The third kappa shape index (κ3) is 2.79. The number of thiocarbonyl (C=S) groups is 1. The Bertz CT molecular complexity index is 838. The number of hydrogen-bond donors (Lipinski definition) is 1. The number of nitrogens with zero attached hydrogens (tertiary/aromatic N) is 2. The van der Waals surface area contributed by atoms with Crippen LogP contribution in [0.25, 0.3) is 17.0 Å². The fourth-order valence-electron chi connectivity index (χ4n) is 3.13. The predicted molar refractivity (Wildman–Crippen MR) is 96.1 cm³/mol. The van der Waals surface area contributed by atoms with E-state index in [0.29, 0.717) is 17.4 Å². The lowest BCUT2D eigenvalue weighted by molar-refractivity contribution is -0.123. The number of carbonyl (C=O) groups excluding carboxylic acids is 1. The summed E-state index contributed by atoms with van der Waals surface area (Å²) in [7, 11) is 0. The van der Waals surface area contributed by atoms with Gasteiger partial charge in [0.2, 0.25) is 0 Å². The maximum atomic E-state index is 12.7. The Morgan fingerprint density at radius 1 is 1.38 bits per heavy atom. The van der Waals surface area contributed by atoms with Gasteiger partial charge in [0.25, 0.3) is 5.91 Å². The minimum absolute atomic E-state index is 0.0785. The topological polar surface area (TPSA) is 54.5 Å². The first-order valence-corrected chi connectivity index (χ1v) is 8.43. The lowest BCUT2D eigenvalue weighted by atomic mass is 10.1. The van der Waals surface area contributed by atoms with Gasteiger partial charge >= 0.3 is 0 Å². The lowest BCUT2D eigenvalue weighted by Gasteiger charge is -2.18. The molecule has 122 valence electrons. The first-order chi connectivity index (χ1) is 11.7. The molecule has 2 saturated heterocycles. The molecule has 2 fully saturated rings. The van der Waals surface area contributed by atoms with Gasteiger partial charge in [-0.3, -0.25) is 14.7 Å². The SMILES string of the molecule is O=C1/C(=C\c2ccnc3ccccc23)NC(=S)N1CC1CCCO1. The molecule has 0 spiro atoms. The monoisotopic (exact) mass is 339 g/mol. The Morgan fingerprint density at radius 3 is 3.08 bits per heavy atom. The van der Waals surface area contributed by atoms with Crippen LogP contribution in [0.3, 0.4) is 0 Å². The van der Waals surface area contributed by atoms with Crippen LogP contribution in [0.1, 0.15) is 18.4 Å². The summed E-state index contributed by atoms with van der Waals surface area (Å²) in [6, 6.07) is 9.76. The summed E-state index contributed by atoms with van der Waals surface area (Å²) in [6.45, 7) is 1.28. The van der Waals surface area contributed by atoms with Crippen molar-refractivity contribution in [3.8, 4) is 0 Å². The molecule has 0 bridgehead atoms. The minimum Gasteiger partial charge on any atom is -0.376 e. The van der Waals surface area contributed by atoms with Gasteiger partial charge in [-0.05, 0) is 48.8 Å². The van der Waals surface area contributed by atoms with Crippen LogP contribution in [0.5, 0.6) is 0 Å². The van der Waals surface area contributed by atoms with Gasteiger partial charge in [-0.2, -0.15) is 0 Å². The molecule has 3 heterocycles. The number of para-hydroxylation sites is 1. The molecule has 4 rings (SSSR count). The molecule has 5 nitrogen and oxygen atoms in total. The number of rotatable bonds is 3. The van der Waals surface area contributed by atoms with E-state index in [2.05, 4.69) is 10.3 Å². The molecule has 24 heavy (non-hydrogen) atoms. The second-order valence-electron chi connectivity index (χ2n) is 5.96. The first-order valence-electron chi connectivity index (χ1n) is 8.02. The number of amides is 1.